The maximum absolute atomic E-state index is 5.39. The molecule has 0 spiro atoms. The van der Waals surface area contributed by atoms with E-state index in [9.17, 15) is 0 Å². The van der Waals surface area contributed by atoms with E-state index in [-0.39, 0.29) is 12.4 Å². The molecule has 0 saturated heterocycles. The van der Waals surface area contributed by atoms with E-state index in [2.05, 4.69) is 53.6 Å². The number of halogens is 1. The number of hydrogen-bond donors (Lipinski definition) is 0. The van der Waals surface area contributed by atoms with Gasteiger partial charge in [0.15, 0.2) is 0 Å². The van der Waals surface area contributed by atoms with Crippen LogP contribution in [-0.2, 0) is 24.4 Å². The zero-order chi connectivity index (χ0) is 16.7. The molecule has 25 heavy (non-hydrogen) atoms. The molecule has 0 bridgehead atoms. The highest BCUT2D eigenvalue weighted by molar-refractivity contribution is 5.94. The fourth-order valence-electron chi connectivity index (χ4n) is 3.80. The Bertz CT molecular complexity index is 903. The molecule has 0 aliphatic carbocycles. The molecule has 0 unspecified atom stereocenters. The lowest BCUT2D eigenvalue weighted by molar-refractivity contribution is 0.133. The number of benzene rings is 1. The van der Waals surface area contributed by atoms with Crippen LogP contribution in [0, 0.1) is 13.8 Å². The molecule has 1 aromatic carbocycles. The predicted octanol–water partition coefficient (Wildman–Crippen LogP) is 4.24. The van der Waals surface area contributed by atoms with E-state index in [0.717, 1.165) is 25.3 Å². The Hall–Kier alpha value is -2.04. The summed E-state index contributed by atoms with van der Waals surface area (Å²) < 4.78 is 7.62. The highest BCUT2D eigenvalue weighted by atomic mass is 35.5. The Balaban J connectivity index is 0.00000182. The maximum Gasteiger partial charge on any atom is 0.138 e. The molecule has 0 amide bonds. The molecule has 0 atom stereocenters. The van der Waals surface area contributed by atoms with E-state index in [4.69, 9.17) is 9.72 Å². The van der Waals surface area contributed by atoms with Crippen LogP contribution in [0.15, 0.2) is 36.5 Å². The minimum absolute atomic E-state index is 0. The lowest BCUT2D eigenvalue weighted by Gasteiger charge is -2.30. The van der Waals surface area contributed by atoms with Crippen LogP contribution in [0.1, 0.15) is 22.4 Å². The normalized spacial score (nSPS) is 13.6. The largest absolute Gasteiger partial charge is 0.364 e. The summed E-state index contributed by atoms with van der Waals surface area (Å²) in [4.78, 5) is 7.16. The highest BCUT2D eigenvalue weighted by Crippen LogP contribution is 2.34. The van der Waals surface area contributed by atoms with Crippen molar-refractivity contribution in [2.24, 2.45) is 0 Å². The van der Waals surface area contributed by atoms with Gasteiger partial charge in [0.1, 0.15) is 12.5 Å². The number of fused-ring (bicyclic) bond motifs is 2. The lowest BCUT2D eigenvalue weighted by atomic mass is 9.99. The van der Waals surface area contributed by atoms with Crippen LogP contribution < -0.4 is 4.90 Å². The number of ether oxygens (including phenoxy) is 1. The van der Waals surface area contributed by atoms with Crippen molar-refractivity contribution in [3.8, 4) is 0 Å². The Morgan fingerprint density at radius 1 is 1.12 bits per heavy atom. The van der Waals surface area contributed by atoms with Crippen molar-refractivity contribution >= 4 is 29.1 Å². The molecule has 0 saturated carbocycles. The Labute approximate surface area is 154 Å². The first kappa shape index (κ1) is 17.8. The third-order valence-electron chi connectivity index (χ3n) is 5.21. The number of nitrogens with zero attached hydrogens (tertiary/aromatic N) is 3. The minimum Gasteiger partial charge on any atom is -0.364 e. The van der Waals surface area contributed by atoms with E-state index >= 15 is 0 Å². The van der Waals surface area contributed by atoms with Gasteiger partial charge in [-0.05, 0) is 43.0 Å². The monoisotopic (exact) mass is 357 g/mol. The first-order valence-electron chi connectivity index (χ1n) is 8.45. The van der Waals surface area contributed by atoms with Crippen LogP contribution in [-0.4, -0.2) is 23.2 Å². The van der Waals surface area contributed by atoms with Gasteiger partial charge in [-0.1, -0.05) is 24.3 Å². The van der Waals surface area contributed by atoms with Crippen molar-refractivity contribution in [1.82, 2.24) is 9.55 Å². The number of hydrogen-bond acceptors (Lipinski definition) is 3. The van der Waals surface area contributed by atoms with Crippen LogP contribution in [0.5, 0.6) is 0 Å². The zero-order valence-corrected chi connectivity index (χ0v) is 15.8. The molecule has 0 radical (unpaired) electrons. The summed E-state index contributed by atoms with van der Waals surface area (Å²) in [7, 11) is 1.74. The van der Waals surface area contributed by atoms with E-state index < -0.39 is 0 Å². The van der Waals surface area contributed by atoms with Crippen molar-refractivity contribution in [3.63, 3.8) is 0 Å². The average molecular weight is 358 g/mol. The van der Waals surface area contributed by atoms with Crippen molar-refractivity contribution in [2.45, 2.75) is 33.5 Å². The van der Waals surface area contributed by atoms with Gasteiger partial charge in [-0.15, -0.1) is 12.4 Å². The second-order valence-corrected chi connectivity index (χ2v) is 6.53. The number of aromatic nitrogens is 2. The fraction of sp³-hybridized carbons (Fsp3) is 0.350. The Morgan fingerprint density at radius 2 is 1.88 bits per heavy atom. The third-order valence-corrected chi connectivity index (χ3v) is 5.21. The van der Waals surface area contributed by atoms with E-state index in [1.54, 1.807) is 7.11 Å². The second kappa shape index (κ2) is 7.06. The van der Waals surface area contributed by atoms with Gasteiger partial charge in [0.25, 0.3) is 0 Å². The van der Waals surface area contributed by atoms with Crippen molar-refractivity contribution < 1.29 is 4.74 Å². The SMILES string of the molecule is COCn1c(C)c(C)c2c(N3CCc4ccccc4C3)nccc21.Cl. The summed E-state index contributed by atoms with van der Waals surface area (Å²) in [6, 6.07) is 10.8. The van der Waals surface area contributed by atoms with Gasteiger partial charge < -0.3 is 14.2 Å². The molecule has 1 aliphatic heterocycles. The smallest absolute Gasteiger partial charge is 0.138 e. The van der Waals surface area contributed by atoms with Gasteiger partial charge in [0, 0.05) is 37.5 Å². The molecule has 4 rings (SSSR count). The van der Waals surface area contributed by atoms with Gasteiger partial charge in [-0.3, -0.25) is 0 Å². The molecular weight excluding hydrogens is 334 g/mol. The van der Waals surface area contributed by atoms with Gasteiger partial charge in [-0.2, -0.15) is 0 Å². The minimum atomic E-state index is 0. The topological polar surface area (TPSA) is 30.3 Å². The Morgan fingerprint density at radius 3 is 2.64 bits per heavy atom. The van der Waals surface area contributed by atoms with Gasteiger partial charge in [0.2, 0.25) is 0 Å². The van der Waals surface area contributed by atoms with Crippen LogP contribution in [0.25, 0.3) is 10.9 Å². The van der Waals surface area contributed by atoms with Crippen LogP contribution in [0.2, 0.25) is 0 Å². The van der Waals surface area contributed by atoms with E-state index in [1.165, 1.54) is 33.3 Å². The van der Waals surface area contributed by atoms with E-state index in [0.29, 0.717) is 6.73 Å². The Kier molecular flexibility index (Phi) is 5.02. The summed E-state index contributed by atoms with van der Waals surface area (Å²) in [5.74, 6) is 1.09. The molecule has 0 N–H and O–H groups in total. The number of rotatable bonds is 3. The van der Waals surface area contributed by atoms with E-state index in [1.807, 2.05) is 6.20 Å². The fourth-order valence-corrected chi connectivity index (χ4v) is 3.80. The van der Waals surface area contributed by atoms with Gasteiger partial charge in [-0.25, -0.2) is 4.98 Å². The summed E-state index contributed by atoms with van der Waals surface area (Å²) >= 11 is 0. The molecule has 2 aromatic heterocycles. The van der Waals surface area contributed by atoms with Crippen molar-refractivity contribution in [3.05, 3.63) is 58.9 Å². The van der Waals surface area contributed by atoms with Crippen LogP contribution in [0.3, 0.4) is 0 Å². The first-order valence-corrected chi connectivity index (χ1v) is 8.45. The summed E-state index contributed by atoms with van der Waals surface area (Å²) in [6.45, 7) is 6.85. The molecule has 5 heteroatoms. The molecular formula is C20H24ClN3O. The quantitative estimate of drug-likeness (QED) is 0.702. The first-order chi connectivity index (χ1) is 11.7. The number of anilines is 1. The van der Waals surface area contributed by atoms with Crippen LogP contribution >= 0.6 is 12.4 Å². The number of pyridine rings is 1. The molecule has 0 fully saturated rings. The summed E-state index contributed by atoms with van der Waals surface area (Å²) in [5, 5.41) is 1.26. The highest BCUT2D eigenvalue weighted by Gasteiger charge is 2.22. The number of methoxy groups -OCH3 is 1. The molecule has 1 aliphatic rings. The number of aryl methyl sites for hydroxylation is 1. The van der Waals surface area contributed by atoms with Crippen molar-refractivity contribution in [2.75, 3.05) is 18.6 Å². The maximum atomic E-state index is 5.39. The standard InChI is InChI=1S/C20H23N3O.ClH/c1-14-15(2)23(13-24-3)18-8-10-21-20(19(14)18)22-11-9-16-6-4-5-7-17(16)12-22;/h4-8,10H,9,11-13H2,1-3H3;1H. The second-order valence-electron chi connectivity index (χ2n) is 6.53. The molecule has 4 nitrogen and oxygen atoms in total. The third kappa shape index (κ3) is 2.90. The van der Waals surface area contributed by atoms with Crippen molar-refractivity contribution in [1.29, 1.82) is 0 Å². The summed E-state index contributed by atoms with van der Waals surface area (Å²) in [5.41, 5.74) is 6.62. The predicted molar refractivity (Wildman–Crippen MR) is 105 cm³/mol. The zero-order valence-electron chi connectivity index (χ0n) is 15.0. The summed E-state index contributed by atoms with van der Waals surface area (Å²) in [6.07, 6.45) is 2.99. The molecule has 3 aromatic rings. The molecule has 132 valence electrons. The van der Waals surface area contributed by atoms with Gasteiger partial charge >= 0.3 is 0 Å². The van der Waals surface area contributed by atoms with Crippen LogP contribution in [0.4, 0.5) is 5.82 Å². The average Bonchev–Trinajstić information content (AvgIpc) is 2.87. The molecule has 3 heterocycles. The lowest BCUT2D eigenvalue weighted by Crippen LogP contribution is -2.31. The van der Waals surface area contributed by atoms with Gasteiger partial charge in [0.05, 0.1) is 5.52 Å².